The van der Waals surface area contributed by atoms with Gasteiger partial charge >= 0.3 is 0 Å². The summed E-state index contributed by atoms with van der Waals surface area (Å²) in [5, 5.41) is 1.12. The molecule has 0 saturated heterocycles. The van der Waals surface area contributed by atoms with Gasteiger partial charge in [0.25, 0.3) is 0 Å². The Morgan fingerprint density at radius 3 is 2.33 bits per heavy atom. The number of hydrogen-bond donors (Lipinski definition) is 1. The van der Waals surface area contributed by atoms with Crippen molar-refractivity contribution in [3.8, 4) is 0 Å². The van der Waals surface area contributed by atoms with E-state index in [1.54, 1.807) is 12.1 Å². The molecule has 2 N–H and O–H groups in total. The fraction of sp³-hybridized carbons (Fsp3) is 0.250. The Bertz CT molecular complexity index is 599. The molecule has 0 spiro atoms. The number of benzene rings is 2. The molecule has 0 saturated carbocycles. The van der Waals surface area contributed by atoms with Crippen molar-refractivity contribution in [1.82, 2.24) is 0 Å². The molecule has 2 aromatic rings. The summed E-state index contributed by atoms with van der Waals surface area (Å²) in [4.78, 5) is 2.03. The first-order chi connectivity index (χ1) is 10.0. The maximum atomic E-state index is 13.5. The van der Waals surface area contributed by atoms with Crippen LogP contribution in [-0.2, 0) is 0 Å². The maximum absolute atomic E-state index is 13.5. The zero-order valence-electron chi connectivity index (χ0n) is 11.7. The minimum absolute atomic E-state index is 0.118. The summed E-state index contributed by atoms with van der Waals surface area (Å²) in [6, 6.07) is 11.7. The minimum atomic E-state index is -0.272. The monoisotopic (exact) mass is 326 g/mol. The lowest BCUT2D eigenvalue weighted by molar-refractivity contribution is 0.616. The standard InChI is InChI=1S/C16H17Cl2FN2/c1-2-21(15-5-3-4-14(19)9-15)16(10-20)11-6-12(17)8-13(18)7-11/h3-9,16H,2,10,20H2,1H3. The van der Waals surface area contributed by atoms with E-state index < -0.39 is 0 Å². The highest BCUT2D eigenvalue weighted by Crippen LogP contribution is 2.30. The van der Waals surface area contributed by atoms with Crippen LogP contribution in [0.3, 0.4) is 0 Å². The normalized spacial score (nSPS) is 12.2. The van der Waals surface area contributed by atoms with E-state index >= 15 is 0 Å². The highest BCUT2D eigenvalue weighted by atomic mass is 35.5. The van der Waals surface area contributed by atoms with Crippen LogP contribution in [0.5, 0.6) is 0 Å². The predicted octanol–water partition coefficient (Wildman–Crippen LogP) is 4.66. The summed E-state index contributed by atoms with van der Waals surface area (Å²) >= 11 is 12.1. The van der Waals surface area contributed by atoms with Crippen LogP contribution in [0.15, 0.2) is 42.5 Å². The Kier molecular flexibility index (Phi) is 5.45. The van der Waals surface area contributed by atoms with Crippen molar-refractivity contribution in [3.63, 3.8) is 0 Å². The van der Waals surface area contributed by atoms with Gasteiger partial charge in [0.1, 0.15) is 5.82 Å². The second-order valence-corrected chi connectivity index (χ2v) is 5.59. The molecule has 2 nitrogen and oxygen atoms in total. The number of anilines is 1. The van der Waals surface area contributed by atoms with Crippen LogP contribution < -0.4 is 10.6 Å². The SMILES string of the molecule is CCN(c1cccc(F)c1)C(CN)c1cc(Cl)cc(Cl)c1. The predicted molar refractivity (Wildman–Crippen MR) is 87.7 cm³/mol. The van der Waals surface area contributed by atoms with E-state index in [4.69, 9.17) is 28.9 Å². The number of rotatable bonds is 5. The van der Waals surface area contributed by atoms with Crippen molar-refractivity contribution >= 4 is 28.9 Å². The third-order valence-corrected chi connectivity index (χ3v) is 3.79. The molecule has 21 heavy (non-hydrogen) atoms. The number of likely N-dealkylation sites (N-methyl/N-ethyl adjacent to an activating group) is 1. The van der Waals surface area contributed by atoms with Crippen LogP contribution in [0.25, 0.3) is 0 Å². The largest absolute Gasteiger partial charge is 0.363 e. The number of halogens is 3. The van der Waals surface area contributed by atoms with Gasteiger partial charge in [0, 0.05) is 28.8 Å². The Balaban J connectivity index is 2.42. The average molecular weight is 327 g/mol. The molecule has 1 unspecified atom stereocenters. The van der Waals surface area contributed by atoms with Crippen molar-refractivity contribution in [2.24, 2.45) is 5.73 Å². The van der Waals surface area contributed by atoms with E-state index in [-0.39, 0.29) is 11.9 Å². The zero-order valence-corrected chi connectivity index (χ0v) is 13.2. The lowest BCUT2D eigenvalue weighted by atomic mass is 10.0. The summed E-state index contributed by atoms with van der Waals surface area (Å²) < 4.78 is 13.5. The summed E-state index contributed by atoms with van der Waals surface area (Å²) in [5.74, 6) is -0.272. The summed E-state index contributed by atoms with van der Waals surface area (Å²) in [6.07, 6.45) is 0. The highest BCUT2D eigenvalue weighted by molar-refractivity contribution is 6.34. The van der Waals surface area contributed by atoms with Crippen molar-refractivity contribution in [1.29, 1.82) is 0 Å². The van der Waals surface area contributed by atoms with Gasteiger partial charge in [-0.15, -0.1) is 0 Å². The van der Waals surface area contributed by atoms with Gasteiger partial charge in [0.05, 0.1) is 6.04 Å². The van der Waals surface area contributed by atoms with Gasteiger partial charge in [-0.1, -0.05) is 29.3 Å². The minimum Gasteiger partial charge on any atom is -0.363 e. The van der Waals surface area contributed by atoms with Crippen LogP contribution in [0.1, 0.15) is 18.5 Å². The van der Waals surface area contributed by atoms with Gasteiger partial charge in [-0.25, -0.2) is 4.39 Å². The van der Waals surface area contributed by atoms with E-state index in [0.717, 1.165) is 11.3 Å². The maximum Gasteiger partial charge on any atom is 0.125 e. The molecule has 5 heteroatoms. The Labute approximate surface area is 134 Å². The smallest absolute Gasteiger partial charge is 0.125 e. The van der Waals surface area contributed by atoms with Gasteiger partial charge in [-0.2, -0.15) is 0 Å². The van der Waals surface area contributed by atoms with E-state index in [0.29, 0.717) is 23.1 Å². The second-order valence-electron chi connectivity index (χ2n) is 4.72. The molecular weight excluding hydrogens is 310 g/mol. The summed E-state index contributed by atoms with van der Waals surface area (Å²) in [6.45, 7) is 3.07. The summed E-state index contributed by atoms with van der Waals surface area (Å²) in [7, 11) is 0. The third kappa shape index (κ3) is 3.88. The van der Waals surface area contributed by atoms with Crippen molar-refractivity contribution in [2.75, 3.05) is 18.0 Å². The first-order valence-corrected chi connectivity index (χ1v) is 7.49. The van der Waals surface area contributed by atoms with Gasteiger partial charge in [-0.05, 0) is 48.9 Å². The molecule has 0 fully saturated rings. The molecule has 0 amide bonds. The zero-order chi connectivity index (χ0) is 15.4. The van der Waals surface area contributed by atoms with E-state index in [2.05, 4.69) is 0 Å². The molecular formula is C16H17Cl2FN2. The topological polar surface area (TPSA) is 29.3 Å². The van der Waals surface area contributed by atoms with Gasteiger partial charge in [-0.3, -0.25) is 0 Å². The molecule has 0 aromatic heterocycles. The fourth-order valence-electron chi connectivity index (χ4n) is 2.45. The van der Waals surface area contributed by atoms with Crippen molar-refractivity contribution in [2.45, 2.75) is 13.0 Å². The number of hydrogen-bond acceptors (Lipinski definition) is 2. The Hall–Kier alpha value is -1.29. The molecule has 0 aliphatic heterocycles. The van der Waals surface area contributed by atoms with E-state index in [1.165, 1.54) is 12.1 Å². The average Bonchev–Trinajstić information content (AvgIpc) is 2.43. The fourth-order valence-corrected chi connectivity index (χ4v) is 2.99. The third-order valence-electron chi connectivity index (χ3n) is 3.35. The Morgan fingerprint density at radius 2 is 1.81 bits per heavy atom. The molecule has 2 rings (SSSR count). The molecule has 1 atom stereocenters. The Morgan fingerprint density at radius 1 is 1.14 bits per heavy atom. The van der Waals surface area contributed by atoms with Crippen LogP contribution >= 0.6 is 23.2 Å². The van der Waals surface area contributed by atoms with E-state index in [1.807, 2.05) is 30.0 Å². The van der Waals surface area contributed by atoms with E-state index in [9.17, 15) is 4.39 Å². The molecule has 2 aromatic carbocycles. The summed E-state index contributed by atoms with van der Waals surface area (Å²) in [5.41, 5.74) is 7.63. The van der Waals surface area contributed by atoms with Gasteiger partial charge < -0.3 is 10.6 Å². The quantitative estimate of drug-likeness (QED) is 0.865. The van der Waals surface area contributed by atoms with Crippen LogP contribution in [-0.4, -0.2) is 13.1 Å². The molecule has 112 valence electrons. The lowest BCUT2D eigenvalue weighted by Gasteiger charge is -2.32. The highest BCUT2D eigenvalue weighted by Gasteiger charge is 2.19. The molecule has 0 heterocycles. The molecule has 0 aliphatic carbocycles. The number of nitrogens with two attached hydrogens (primary N) is 1. The molecule has 0 aliphatic rings. The molecule has 0 radical (unpaired) electrons. The van der Waals surface area contributed by atoms with Crippen molar-refractivity contribution < 1.29 is 4.39 Å². The lowest BCUT2D eigenvalue weighted by Crippen LogP contribution is -2.33. The number of nitrogens with zero attached hydrogens (tertiary/aromatic N) is 1. The van der Waals surface area contributed by atoms with Crippen molar-refractivity contribution in [3.05, 3.63) is 63.9 Å². The van der Waals surface area contributed by atoms with Crippen LogP contribution in [0, 0.1) is 5.82 Å². The first kappa shape index (κ1) is 16.1. The first-order valence-electron chi connectivity index (χ1n) is 6.73. The van der Waals surface area contributed by atoms with Gasteiger partial charge in [0.2, 0.25) is 0 Å². The molecule has 0 bridgehead atoms. The second kappa shape index (κ2) is 7.12. The van der Waals surface area contributed by atoms with Gasteiger partial charge in [0.15, 0.2) is 0 Å². The van der Waals surface area contributed by atoms with Crippen LogP contribution in [0.4, 0.5) is 10.1 Å². The van der Waals surface area contributed by atoms with Crippen LogP contribution in [0.2, 0.25) is 10.0 Å².